The van der Waals surface area contributed by atoms with Crippen LogP contribution in [0.25, 0.3) is 0 Å². The molecule has 0 aliphatic carbocycles. The van der Waals surface area contributed by atoms with Crippen molar-refractivity contribution >= 4 is 21.4 Å². The summed E-state index contributed by atoms with van der Waals surface area (Å²) < 4.78 is 62.1. The van der Waals surface area contributed by atoms with Crippen molar-refractivity contribution in [2.24, 2.45) is 11.1 Å². The van der Waals surface area contributed by atoms with Gasteiger partial charge in [0.05, 0.1) is 11.4 Å². The average Bonchev–Trinajstić information content (AvgIpc) is 2.57. The first-order valence-corrected chi connectivity index (χ1v) is 10.4. The van der Waals surface area contributed by atoms with Crippen molar-refractivity contribution in [2.45, 2.75) is 52.5 Å². The summed E-state index contributed by atoms with van der Waals surface area (Å²) >= 11 is 0. The Bertz CT molecular complexity index is 799. The normalized spacial score (nSPS) is 13.8. The third-order valence-electron chi connectivity index (χ3n) is 3.98. The van der Waals surface area contributed by atoms with Crippen molar-refractivity contribution in [2.75, 3.05) is 11.3 Å². The number of sulfonamides is 1. The first kappa shape index (κ1) is 24.0. The van der Waals surface area contributed by atoms with E-state index in [1.165, 1.54) is 23.8 Å². The van der Waals surface area contributed by atoms with Crippen LogP contribution in [0.2, 0.25) is 0 Å². The topological polar surface area (TPSA) is 67.8 Å². The monoisotopic (exact) mass is 420 g/mol. The van der Waals surface area contributed by atoms with E-state index in [1.54, 1.807) is 17.7 Å². The number of hydrogen-bond acceptors (Lipinski definition) is 4. The highest BCUT2D eigenvalue weighted by Gasteiger charge is 2.46. The first-order valence-electron chi connectivity index (χ1n) is 8.92. The number of nitrogens with one attached hydrogen (secondary N) is 1. The molecule has 1 unspecified atom stereocenters. The second-order valence-electron chi connectivity index (χ2n) is 6.86. The summed E-state index contributed by atoms with van der Waals surface area (Å²) in [6, 6.07) is 5.71. The van der Waals surface area contributed by atoms with Crippen molar-refractivity contribution < 1.29 is 26.4 Å². The lowest BCUT2D eigenvalue weighted by Gasteiger charge is -2.14. The van der Waals surface area contributed by atoms with Gasteiger partial charge in [0.1, 0.15) is 6.61 Å². The van der Waals surface area contributed by atoms with Gasteiger partial charge in [-0.25, -0.2) is 0 Å². The Morgan fingerprint density at radius 1 is 1.21 bits per heavy atom. The number of para-hydroxylation sites is 1. The molecule has 0 saturated heterocycles. The standard InChI is InChI=1S/C19H27F3N2O3S/c1-14(2)8-7-9-15(3)12-13-27-23-16(4)17-10-5-6-11-18(17)24-28(25,26)19(20,21)22/h5-6,8,10-11,15,24H,7,9,12-13H2,1-4H3. The Hall–Kier alpha value is -2.03. The molecule has 0 aliphatic rings. The fourth-order valence-corrected chi connectivity index (χ4v) is 2.92. The summed E-state index contributed by atoms with van der Waals surface area (Å²) in [6.45, 7) is 8.12. The minimum atomic E-state index is -5.51. The van der Waals surface area contributed by atoms with E-state index in [0.29, 0.717) is 12.5 Å². The molecule has 1 rings (SSSR count). The largest absolute Gasteiger partial charge is 0.516 e. The molecule has 28 heavy (non-hydrogen) atoms. The summed E-state index contributed by atoms with van der Waals surface area (Å²) in [5.74, 6) is 0.442. The van der Waals surface area contributed by atoms with Gasteiger partial charge in [0.25, 0.3) is 0 Å². The van der Waals surface area contributed by atoms with Crippen LogP contribution < -0.4 is 4.72 Å². The number of oxime groups is 1. The Morgan fingerprint density at radius 2 is 1.86 bits per heavy atom. The lowest BCUT2D eigenvalue weighted by atomic mass is 10.0. The van der Waals surface area contributed by atoms with Crippen molar-refractivity contribution in [3.63, 3.8) is 0 Å². The number of halogens is 3. The minimum Gasteiger partial charge on any atom is -0.396 e. The fraction of sp³-hybridized carbons (Fsp3) is 0.526. The van der Waals surface area contributed by atoms with E-state index in [2.05, 4.69) is 32.0 Å². The highest BCUT2D eigenvalue weighted by Crippen LogP contribution is 2.27. The van der Waals surface area contributed by atoms with E-state index in [0.717, 1.165) is 19.3 Å². The van der Waals surface area contributed by atoms with Gasteiger partial charge in [0, 0.05) is 5.56 Å². The number of anilines is 1. The zero-order valence-electron chi connectivity index (χ0n) is 16.5. The molecule has 0 heterocycles. The van der Waals surface area contributed by atoms with Gasteiger partial charge in [0.15, 0.2) is 0 Å². The molecule has 0 aromatic heterocycles. The zero-order chi connectivity index (χ0) is 21.4. The second-order valence-corrected chi connectivity index (χ2v) is 8.53. The summed E-state index contributed by atoms with van der Waals surface area (Å²) in [4.78, 5) is 5.27. The average molecular weight is 420 g/mol. The smallest absolute Gasteiger partial charge is 0.396 e. The summed E-state index contributed by atoms with van der Waals surface area (Å²) in [7, 11) is -5.51. The molecular formula is C19H27F3N2O3S. The van der Waals surface area contributed by atoms with Gasteiger partial charge in [-0.2, -0.15) is 21.6 Å². The summed E-state index contributed by atoms with van der Waals surface area (Å²) in [5, 5.41) is 3.92. The molecule has 0 amide bonds. The van der Waals surface area contributed by atoms with E-state index in [9.17, 15) is 21.6 Å². The van der Waals surface area contributed by atoms with Gasteiger partial charge in [-0.15, -0.1) is 0 Å². The van der Waals surface area contributed by atoms with Crippen molar-refractivity contribution in [1.29, 1.82) is 0 Å². The minimum absolute atomic E-state index is 0.209. The van der Waals surface area contributed by atoms with Crippen LogP contribution >= 0.6 is 0 Å². The molecule has 1 aromatic rings. The zero-order valence-corrected chi connectivity index (χ0v) is 17.3. The molecule has 0 radical (unpaired) electrons. The highest BCUT2D eigenvalue weighted by atomic mass is 32.2. The molecule has 1 atom stereocenters. The Balaban J connectivity index is 2.70. The van der Waals surface area contributed by atoms with Crippen LogP contribution in [0.4, 0.5) is 18.9 Å². The van der Waals surface area contributed by atoms with Crippen molar-refractivity contribution in [1.82, 2.24) is 0 Å². The second kappa shape index (κ2) is 10.5. The number of rotatable bonds is 10. The number of nitrogens with zero attached hydrogens (tertiary/aromatic N) is 1. The molecule has 0 aliphatic heterocycles. The predicted octanol–water partition coefficient (Wildman–Crippen LogP) is 5.46. The quantitative estimate of drug-likeness (QED) is 0.236. The fourth-order valence-electron chi connectivity index (χ4n) is 2.34. The van der Waals surface area contributed by atoms with Gasteiger partial charge in [0.2, 0.25) is 0 Å². The van der Waals surface area contributed by atoms with Crippen LogP contribution in [-0.2, 0) is 14.9 Å². The summed E-state index contributed by atoms with van der Waals surface area (Å²) in [6.07, 6.45) is 4.99. The molecular weight excluding hydrogens is 393 g/mol. The van der Waals surface area contributed by atoms with Crippen molar-refractivity contribution in [3.05, 3.63) is 41.5 Å². The third kappa shape index (κ3) is 7.92. The Kier molecular flexibility index (Phi) is 9.00. The molecule has 1 aromatic carbocycles. The maximum Gasteiger partial charge on any atom is 0.516 e. The van der Waals surface area contributed by atoms with Crippen LogP contribution in [0.15, 0.2) is 41.1 Å². The molecule has 1 N–H and O–H groups in total. The molecule has 0 fully saturated rings. The van der Waals surface area contributed by atoms with E-state index in [4.69, 9.17) is 4.84 Å². The van der Waals surface area contributed by atoms with E-state index in [-0.39, 0.29) is 17.0 Å². The lowest BCUT2D eigenvalue weighted by molar-refractivity contribution is -0.0429. The van der Waals surface area contributed by atoms with Crippen LogP contribution in [-0.4, -0.2) is 26.2 Å². The number of benzene rings is 1. The first-order chi connectivity index (χ1) is 12.9. The highest BCUT2D eigenvalue weighted by molar-refractivity contribution is 7.93. The predicted molar refractivity (Wildman–Crippen MR) is 106 cm³/mol. The molecule has 0 bridgehead atoms. The van der Waals surface area contributed by atoms with Crippen molar-refractivity contribution in [3.8, 4) is 0 Å². The maximum absolute atomic E-state index is 12.6. The summed E-state index contributed by atoms with van der Waals surface area (Å²) in [5.41, 5.74) is -3.84. The van der Waals surface area contributed by atoms with Crippen LogP contribution in [0.3, 0.4) is 0 Å². The third-order valence-corrected chi connectivity index (χ3v) is 5.08. The molecule has 0 spiro atoms. The van der Waals surface area contributed by atoms with Gasteiger partial charge in [-0.3, -0.25) is 4.72 Å². The molecule has 9 heteroatoms. The van der Waals surface area contributed by atoms with Crippen LogP contribution in [0.1, 0.15) is 52.5 Å². The van der Waals surface area contributed by atoms with E-state index in [1.807, 2.05) is 0 Å². The molecule has 158 valence electrons. The van der Waals surface area contributed by atoms with Gasteiger partial charge < -0.3 is 4.84 Å². The van der Waals surface area contributed by atoms with Gasteiger partial charge >= 0.3 is 15.5 Å². The molecule has 5 nitrogen and oxygen atoms in total. The number of alkyl halides is 3. The maximum atomic E-state index is 12.6. The number of hydrogen-bond donors (Lipinski definition) is 1. The Labute approximate surface area is 164 Å². The van der Waals surface area contributed by atoms with Gasteiger partial charge in [-0.05, 0) is 52.0 Å². The van der Waals surface area contributed by atoms with E-state index >= 15 is 0 Å². The molecule has 0 saturated carbocycles. The van der Waals surface area contributed by atoms with E-state index < -0.39 is 15.5 Å². The SMILES string of the molecule is CC(C)=CCCC(C)CCON=C(C)c1ccccc1NS(=O)(=O)C(F)(F)F. The van der Waals surface area contributed by atoms with Crippen LogP contribution in [0.5, 0.6) is 0 Å². The van der Waals surface area contributed by atoms with Crippen LogP contribution in [0, 0.1) is 5.92 Å². The lowest BCUT2D eigenvalue weighted by Crippen LogP contribution is -2.30. The van der Waals surface area contributed by atoms with Gasteiger partial charge in [-0.1, -0.05) is 41.9 Å². The Morgan fingerprint density at radius 3 is 2.46 bits per heavy atom. The number of allylic oxidation sites excluding steroid dienone is 2.